The monoisotopic (exact) mass is 299 g/mol. The van der Waals surface area contributed by atoms with Crippen LogP contribution in [0.5, 0.6) is 0 Å². The Morgan fingerprint density at radius 1 is 1.45 bits per heavy atom. The quantitative estimate of drug-likeness (QED) is 0.714. The van der Waals surface area contributed by atoms with Gasteiger partial charge in [-0.1, -0.05) is 26.0 Å². The molecule has 0 saturated carbocycles. The number of nitrogens with zero attached hydrogens (tertiary/aromatic N) is 4. The first kappa shape index (κ1) is 17.5. The second-order valence-corrected chi connectivity index (χ2v) is 6.42. The Bertz CT molecular complexity index is 366. The smallest absolute Gasteiger partial charge is 0.0964 e. The van der Waals surface area contributed by atoms with E-state index in [1.54, 1.807) is 0 Å². The fourth-order valence-electron chi connectivity index (χ4n) is 2.03. The second kappa shape index (κ2) is 9.37. The second-order valence-electron chi connectivity index (χ2n) is 5.51. The van der Waals surface area contributed by atoms with E-state index < -0.39 is 0 Å². The SMILES string of the molecule is CCC(CSC)N(C)CCn1cc(CNC(C)C)nn1. The van der Waals surface area contributed by atoms with Crippen molar-refractivity contribution in [3.05, 3.63) is 11.9 Å². The van der Waals surface area contributed by atoms with Crippen LogP contribution in [0.15, 0.2) is 6.20 Å². The van der Waals surface area contributed by atoms with E-state index in [9.17, 15) is 0 Å². The largest absolute Gasteiger partial charge is 0.309 e. The summed E-state index contributed by atoms with van der Waals surface area (Å²) >= 11 is 1.91. The Morgan fingerprint density at radius 2 is 2.20 bits per heavy atom. The zero-order chi connectivity index (χ0) is 15.0. The lowest BCUT2D eigenvalue weighted by molar-refractivity contribution is 0.242. The van der Waals surface area contributed by atoms with Crippen molar-refractivity contribution in [3.63, 3.8) is 0 Å². The lowest BCUT2D eigenvalue weighted by Crippen LogP contribution is -2.35. The van der Waals surface area contributed by atoms with Gasteiger partial charge in [-0.2, -0.15) is 11.8 Å². The maximum absolute atomic E-state index is 4.20. The lowest BCUT2D eigenvalue weighted by atomic mass is 10.2. The summed E-state index contributed by atoms with van der Waals surface area (Å²) in [6.07, 6.45) is 5.40. The Hall–Kier alpha value is -0.590. The summed E-state index contributed by atoms with van der Waals surface area (Å²) in [7, 11) is 2.20. The normalized spacial score (nSPS) is 13.3. The Morgan fingerprint density at radius 3 is 2.80 bits per heavy atom. The van der Waals surface area contributed by atoms with E-state index in [4.69, 9.17) is 0 Å². The summed E-state index contributed by atoms with van der Waals surface area (Å²) in [5.74, 6) is 1.19. The molecule has 1 aromatic rings. The fraction of sp³-hybridized carbons (Fsp3) is 0.857. The molecule has 0 amide bonds. The molecule has 1 N–H and O–H groups in total. The van der Waals surface area contributed by atoms with Crippen molar-refractivity contribution in [2.45, 2.75) is 52.4 Å². The van der Waals surface area contributed by atoms with E-state index in [0.717, 1.165) is 25.3 Å². The number of aromatic nitrogens is 3. The molecule has 0 bridgehead atoms. The fourth-order valence-corrected chi connectivity index (χ4v) is 2.90. The zero-order valence-corrected chi connectivity index (χ0v) is 14.3. The van der Waals surface area contributed by atoms with Crippen LogP contribution in [0.25, 0.3) is 0 Å². The first-order valence-electron chi connectivity index (χ1n) is 7.38. The van der Waals surface area contributed by atoms with Gasteiger partial charge in [0.1, 0.15) is 0 Å². The molecule has 0 fully saturated rings. The molecule has 5 nitrogen and oxygen atoms in total. The summed E-state index contributed by atoms with van der Waals surface area (Å²) in [6.45, 7) is 9.22. The molecule has 0 aromatic carbocycles. The van der Waals surface area contributed by atoms with Gasteiger partial charge in [-0.3, -0.25) is 4.68 Å². The molecule has 1 unspecified atom stereocenters. The topological polar surface area (TPSA) is 46.0 Å². The molecule has 1 atom stereocenters. The minimum atomic E-state index is 0.475. The van der Waals surface area contributed by atoms with Crippen LogP contribution in [0.1, 0.15) is 32.9 Å². The summed E-state index contributed by atoms with van der Waals surface area (Å²) in [5, 5.41) is 11.7. The van der Waals surface area contributed by atoms with Gasteiger partial charge in [0.2, 0.25) is 0 Å². The molecule has 116 valence electrons. The summed E-state index contributed by atoms with van der Waals surface area (Å²) in [6, 6.07) is 1.12. The molecule has 0 aliphatic heterocycles. The first-order chi connectivity index (χ1) is 9.56. The van der Waals surface area contributed by atoms with Crippen molar-refractivity contribution in [2.75, 3.05) is 25.6 Å². The van der Waals surface area contributed by atoms with Crippen molar-refractivity contribution < 1.29 is 0 Å². The Kier molecular flexibility index (Phi) is 8.18. The zero-order valence-electron chi connectivity index (χ0n) is 13.5. The van der Waals surface area contributed by atoms with Crippen molar-refractivity contribution in [2.24, 2.45) is 0 Å². The van der Waals surface area contributed by atoms with E-state index in [2.05, 4.69) is 54.6 Å². The van der Waals surface area contributed by atoms with E-state index in [1.165, 1.54) is 12.2 Å². The average molecular weight is 299 g/mol. The van der Waals surface area contributed by atoms with Crippen LogP contribution < -0.4 is 5.32 Å². The van der Waals surface area contributed by atoms with E-state index in [0.29, 0.717) is 12.1 Å². The number of rotatable bonds is 10. The standard InChI is InChI=1S/C14H29N5S/c1-6-14(11-20-5)18(4)7-8-19-10-13(16-17-19)9-15-12(2)3/h10,12,14-15H,6-9,11H2,1-5H3. The summed E-state index contributed by atoms with van der Waals surface area (Å²) in [4.78, 5) is 2.42. The van der Waals surface area contributed by atoms with Crippen LogP contribution in [0.4, 0.5) is 0 Å². The number of hydrogen-bond donors (Lipinski definition) is 1. The molecule has 0 aliphatic carbocycles. The van der Waals surface area contributed by atoms with Crippen molar-refractivity contribution in [1.29, 1.82) is 0 Å². The van der Waals surface area contributed by atoms with Gasteiger partial charge in [0.05, 0.1) is 12.2 Å². The van der Waals surface area contributed by atoms with Gasteiger partial charge in [-0.05, 0) is 19.7 Å². The molecular formula is C14H29N5S. The third kappa shape index (κ3) is 6.24. The maximum atomic E-state index is 4.20. The van der Waals surface area contributed by atoms with Gasteiger partial charge < -0.3 is 10.2 Å². The van der Waals surface area contributed by atoms with Crippen molar-refractivity contribution >= 4 is 11.8 Å². The molecule has 1 rings (SSSR count). The van der Waals surface area contributed by atoms with Gasteiger partial charge in [0.15, 0.2) is 0 Å². The van der Waals surface area contributed by atoms with Gasteiger partial charge in [0.25, 0.3) is 0 Å². The average Bonchev–Trinajstić information content (AvgIpc) is 2.87. The highest BCUT2D eigenvalue weighted by atomic mass is 32.2. The highest BCUT2D eigenvalue weighted by Gasteiger charge is 2.12. The van der Waals surface area contributed by atoms with Gasteiger partial charge in [0, 0.05) is 37.1 Å². The van der Waals surface area contributed by atoms with Gasteiger partial charge in [-0.15, -0.1) is 5.10 Å². The summed E-state index contributed by atoms with van der Waals surface area (Å²) < 4.78 is 1.94. The molecule has 0 spiro atoms. The Balaban J connectivity index is 2.37. The summed E-state index contributed by atoms with van der Waals surface area (Å²) in [5.41, 5.74) is 1.01. The molecule has 20 heavy (non-hydrogen) atoms. The molecule has 1 aromatic heterocycles. The van der Waals surface area contributed by atoms with Crippen LogP contribution in [0.3, 0.4) is 0 Å². The highest BCUT2D eigenvalue weighted by Crippen LogP contribution is 2.08. The lowest BCUT2D eigenvalue weighted by Gasteiger charge is -2.26. The number of hydrogen-bond acceptors (Lipinski definition) is 5. The van der Waals surface area contributed by atoms with Gasteiger partial charge in [-0.25, -0.2) is 0 Å². The molecule has 6 heteroatoms. The van der Waals surface area contributed by atoms with E-state index >= 15 is 0 Å². The van der Waals surface area contributed by atoms with Crippen LogP contribution in [-0.2, 0) is 13.1 Å². The molecule has 0 aliphatic rings. The molecule has 1 heterocycles. The number of thioether (sulfide) groups is 1. The minimum absolute atomic E-state index is 0.475. The minimum Gasteiger partial charge on any atom is -0.309 e. The van der Waals surface area contributed by atoms with Crippen LogP contribution in [-0.4, -0.2) is 57.6 Å². The van der Waals surface area contributed by atoms with Crippen LogP contribution in [0.2, 0.25) is 0 Å². The van der Waals surface area contributed by atoms with Gasteiger partial charge >= 0.3 is 0 Å². The predicted octanol–water partition coefficient (Wildman–Crippen LogP) is 1.85. The van der Waals surface area contributed by atoms with Crippen molar-refractivity contribution in [1.82, 2.24) is 25.2 Å². The molecule has 0 radical (unpaired) electrons. The first-order valence-corrected chi connectivity index (χ1v) is 8.77. The van der Waals surface area contributed by atoms with E-state index in [1.807, 2.05) is 22.6 Å². The maximum Gasteiger partial charge on any atom is 0.0964 e. The van der Waals surface area contributed by atoms with Crippen molar-refractivity contribution in [3.8, 4) is 0 Å². The van der Waals surface area contributed by atoms with Crippen LogP contribution in [0, 0.1) is 0 Å². The van der Waals surface area contributed by atoms with Crippen LogP contribution >= 0.6 is 11.8 Å². The van der Waals surface area contributed by atoms with E-state index in [-0.39, 0.29) is 0 Å². The number of nitrogens with one attached hydrogen (secondary N) is 1. The predicted molar refractivity (Wildman–Crippen MR) is 87.1 cm³/mol. The highest BCUT2D eigenvalue weighted by molar-refractivity contribution is 7.98. The number of likely N-dealkylation sites (N-methyl/N-ethyl adjacent to an activating group) is 1. The molecular weight excluding hydrogens is 270 g/mol. The Labute approximate surface area is 127 Å². The third-order valence-corrected chi connectivity index (χ3v) is 4.13. The third-order valence-electron chi connectivity index (χ3n) is 3.41. The molecule has 0 saturated heterocycles.